The smallest absolute Gasteiger partial charge is 0.313 e. The van der Waals surface area contributed by atoms with Crippen molar-refractivity contribution in [1.82, 2.24) is 9.88 Å². The maximum Gasteiger partial charge on any atom is 0.313 e. The van der Waals surface area contributed by atoms with E-state index in [0.29, 0.717) is 26.2 Å². The minimum Gasteiger partial charge on any atom is -0.497 e. The first-order valence-electron chi connectivity index (χ1n) is 10.1. The lowest BCUT2D eigenvalue weighted by molar-refractivity contribution is -0.160. The molecule has 0 saturated carbocycles. The lowest BCUT2D eigenvalue weighted by atomic mass is 9.77. The summed E-state index contributed by atoms with van der Waals surface area (Å²) in [6, 6.07) is 6.10. The molecule has 154 valence electrons. The topological polar surface area (TPSA) is 63.8 Å². The Bertz CT molecular complexity index is 816. The lowest BCUT2D eigenvalue weighted by Crippen LogP contribution is -2.48. The van der Waals surface area contributed by atoms with E-state index in [1.807, 2.05) is 13.0 Å². The van der Waals surface area contributed by atoms with Gasteiger partial charge < -0.3 is 19.2 Å². The number of methoxy groups -OCH3 is 2. The predicted molar refractivity (Wildman–Crippen MR) is 110 cm³/mol. The molecule has 0 bridgehead atoms. The molecule has 1 fully saturated rings. The number of benzene rings is 1. The van der Waals surface area contributed by atoms with Crippen LogP contribution in [0.3, 0.4) is 0 Å². The fraction of sp³-hybridized carbons (Fsp3) is 0.591. The van der Waals surface area contributed by atoms with E-state index in [1.54, 1.807) is 14.2 Å². The molecule has 1 aromatic carbocycles. The summed E-state index contributed by atoms with van der Waals surface area (Å²) in [5.41, 5.74) is 3.06. The molecular formula is C22H32N2O4. The van der Waals surface area contributed by atoms with E-state index in [4.69, 9.17) is 14.2 Å². The number of nitrogens with zero attached hydrogens (tertiary/aromatic N) is 1. The number of H-pyrrole nitrogens is 1. The summed E-state index contributed by atoms with van der Waals surface area (Å²) in [6.07, 6.45) is 2.53. The summed E-state index contributed by atoms with van der Waals surface area (Å²) in [6.45, 7) is 7.46. The van der Waals surface area contributed by atoms with E-state index in [2.05, 4.69) is 28.9 Å². The van der Waals surface area contributed by atoms with Crippen molar-refractivity contribution >= 4 is 16.9 Å². The van der Waals surface area contributed by atoms with Gasteiger partial charge in [0, 0.05) is 43.4 Å². The molecule has 3 rings (SSSR count). The van der Waals surface area contributed by atoms with Crippen LogP contribution in [0.2, 0.25) is 0 Å². The summed E-state index contributed by atoms with van der Waals surface area (Å²) in [5.74, 6) is 0.773. The van der Waals surface area contributed by atoms with Crippen molar-refractivity contribution in [2.45, 2.75) is 39.7 Å². The van der Waals surface area contributed by atoms with Crippen molar-refractivity contribution in [3.8, 4) is 5.75 Å². The van der Waals surface area contributed by atoms with Gasteiger partial charge in [0.2, 0.25) is 0 Å². The van der Waals surface area contributed by atoms with E-state index in [-0.39, 0.29) is 5.97 Å². The molecule has 1 unspecified atom stereocenters. The van der Waals surface area contributed by atoms with Gasteiger partial charge in [-0.25, -0.2) is 0 Å². The molecule has 1 aromatic heterocycles. The van der Waals surface area contributed by atoms with Crippen molar-refractivity contribution in [1.29, 1.82) is 0 Å². The Morgan fingerprint density at radius 2 is 2.14 bits per heavy atom. The molecule has 0 amide bonds. The van der Waals surface area contributed by atoms with Crippen molar-refractivity contribution in [3.63, 3.8) is 0 Å². The normalized spacial score (nSPS) is 20.4. The fourth-order valence-corrected chi connectivity index (χ4v) is 4.29. The number of hydrogen-bond acceptors (Lipinski definition) is 5. The number of fused-ring (bicyclic) bond motifs is 1. The van der Waals surface area contributed by atoms with Crippen LogP contribution in [0.4, 0.5) is 0 Å². The molecule has 2 aromatic rings. The molecule has 1 aliphatic rings. The molecular weight excluding hydrogens is 356 g/mol. The molecule has 6 heteroatoms. The van der Waals surface area contributed by atoms with Gasteiger partial charge in [-0.2, -0.15) is 0 Å². The Morgan fingerprint density at radius 3 is 2.86 bits per heavy atom. The van der Waals surface area contributed by atoms with Crippen LogP contribution in [0.15, 0.2) is 18.2 Å². The van der Waals surface area contributed by atoms with Crippen LogP contribution in [-0.4, -0.2) is 56.4 Å². The van der Waals surface area contributed by atoms with E-state index in [9.17, 15) is 4.79 Å². The van der Waals surface area contributed by atoms with Gasteiger partial charge in [0.1, 0.15) is 5.75 Å². The minimum atomic E-state index is -0.479. The van der Waals surface area contributed by atoms with E-state index in [1.165, 1.54) is 16.6 Å². The van der Waals surface area contributed by atoms with E-state index >= 15 is 0 Å². The second-order valence-electron chi connectivity index (χ2n) is 7.70. The third-order valence-electron chi connectivity index (χ3n) is 5.90. The first-order chi connectivity index (χ1) is 13.5. The number of esters is 1. The monoisotopic (exact) mass is 388 g/mol. The lowest BCUT2D eigenvalue weighted by Gasteiger charge is -2.41. The highest BCUT2D eigenvalue weighted by molar-refractivity contribution is 5.85. The third-order valence-corrected chi connectivity index (χ3v) is 5.90. The van der Waals surface area contributed by atoms with Crippen LogP contribution >= 0.6 is 0 Å². The Labute approximate surface area is 167 Å². The van der Waals surface area contributed by atoms with Crippen LogP contribution in [0.5, 0.6) is 5.75 Å². The second kappa shape index (κ2) is 8.97. The van der Waals surface area contributed by atoms with Gasteiger partial charge in [-0.1, -0.05) is 0 Å². The Balaban J connectivity index is 1.81. The number of nitrogens with one attached hydrogen (secondary N) is 1. The zero-order chi connectivity index (χ0) is 20.1. The van der Waals surface area contributed by atoms with E-state index < -0.39 is 5.41 Å². The number of hydrogen-bond donors (Lipinski definition) is 1. The fourth-order valence-electron chi connectivity index (χ4n) is 4.29. The second-order valence-corrected chi connectivity index (χ2v) is 7.70. The zero-order valence-corrected chi connectivity index (χ0v) is 17.5. The molecule has 2 heterocycles. The van der Waals surface area contributed by atoms with Crippen LogP contribution in [-0.2, 0) is 20.8 Å². The molecule has 1 saturated heterocycles. The molecule has 6 nitrogen and oxygen atoms in total. The molecule has 0 aliphatic carbocycles. The maximum absolute atomic E-state index is 12.8. The highest BCUT2D eigenvalue weighted by atomic mass is 16.5. The van der Waals surface area contributed by atoms with Crippen LogP contribution in [0.25, 0.3) is 10.9 Å². The largest absolute Gasteiger partial charge is 0.497 e. The highest BCUT2D eigenvalue weighted by Gasteiger charge is 2.43. The summed E-state index contributed by atoms with van der Waals surface area (Å²) in [4.78, 5) is 18.7. The van der Waals surface area contributed by atoms with Gasteiger partial charge in [-0.05, 0) is 63.4 Å². The van der Waals surface area contributed by atoms with Crippen molar-refractivity contribution < 1.29 is 19.0 Å². The maximum atomic E-state index is 12.8. The molecule has 28 heavy (non-hydrogen) atoms. The average Bonchev–Trinajstić information content (AvgIpc) is 3.01. The number of aryl methyl sites for hydroxylation is 1. The number of aromatic amines is 1. The minimum absolute atomic E-state index is 0.0881. The zero-order valence-electron chi connectivity index (χ0n) is 17.5. The third kappa shape index (κ3) is 4.18. The van der Waals surface area contributed by atoms with Crippen molar-refractivity contribution in [2.75, 3.05) is 40.5 Å². The number of piperidine rings is 1. The summed E-state index contributed by atoms with van der Waals surface area (Å²) < 4.78 is 16.1. The van der Waals surface area contributed by atoms with Gasteiger partial charge in [-0.15, -0.1) is 0 Å². The molecule has 1 N–H and O–H groups in total. The van der Waals surface area contributed by atoms with Gasteiger partial charge in [0.25, 0.3) is 0 Å². The number of rotatable bonds is 8. The number of carbonyl (C=O) groups is 1. The number of aromatic nitrogens is 1. The van der Waals surface area contributed by atoms with E-state index in [0.717, 1.165) is 37.2 Å². The number of ether oxygens (including phenoxy) is 3. The standard InChI is InChI=1S/C22H32N2O4/c1-5-28-21(25)22(10-12-26-3)9-6-11-24(15-22)14-20-16(2)18-13-17(27-4)7-8-19(18)23-20/h7-8,13,23H,5-6,9-12,14-15H2,1-4H3. The van der Waals surface area contributed by atoms with Crippen LogP contribution in [0.1, 0.15) is 37.4 Å². The first-order valence-corrected chi connectivity index (χ1v) is 10.1. The summed E-state index contributed by atoms with van der Waals surface area (Å²) in [5, 5.41) is 1.18. The summed E-state index contributed by atoms with van der Waals surface area (Å²) >= 11 is 0. The average molecular weight is 389 g/mol. The molecule has 1 atom stereocenters. The van der Waals surface area contributed by atoms with Gasteiger partial charge >= 0.3 is 5.97 Å². The van der Waals surface area contributed by atoms with Gasteiger partial charge in [0.15, 0.2) is 0 Å². The number of carbonyl (C=O) groups excluding carboxylic acids is 1. The Kier molecular flexibility index (Phi) is 6.62. The quantitative estimate of drug-likeness (QED) is 0.699. The molecule has 0 radical (unpaired) electrons. The first kappa shape index (κ1) is 20.7. The number of likely N-dealkylation sites (tertiary alicyclic amines) is 1. The SMILES string of the molecule is CCOC(=O)C1(CCOC)CCCN(Cc2[nH]c3ccc(OC)cc3c2C)C1. The van der Waals surface area contributed by atoms with Crippen LogP contribution < -0.4 is 4.74 Å². The Hall–Kier alpha value is -2.05. The van der Waals surface area contributed by atoms with Gasteiger partial charge in [0.05, 0.1) is 19.1 Å². The van der Waals surface area contributed by atoms with Crippen molar-refractivity contribution in [2.24, 2.45) is 5.41 Å². The van der Waals surface area contributed by atoms with Crippen LogP contribution in [0, 0.1) is 12.3 Å². The summed E-state index contributed by atoms with van der Waals surface area (Å²) in [7, 11) is 3.37. The Morgan fingerprint density at radius 1 is 1.32 bits per heavy atom. The highest BCUT2D eigenvalue weighted by Crippen LogP contribution is 2.36. The predicted octanol–water partition coefficient (Wildman–Crippen LogP) is 3.67. The van der Waals surface area contributed by atoms with Gasteiger partial charge in [-0.3, -0.25) is 9.69 Å². The molecule has 0 spiro atoms. The molecule has 1 aliphatic heterocycles. The van der Waals surface area contributed by atoms with Crippen molar-refractivity contribution in [3.05, 3.63) is 29.5 Å².